The highest BCUT2D eigenvalue weighted by Gasteiger charge is 2.22. The van der Waals surface area contributed by atoms with Crippen molar-refractivity contribution < 1.29 is 14.7 Å². The number of nitrogens with one attached hydrogen (secondary N) is 2. The molecule has 1 unspecified atom stereocenters. The van der Waals surface area contributed by atoms with Crippen molar-refractivity contribution in [2.24, 2.45) is 11.7 Å². The third-order valence-electron chi connectivity index (χ3n) is 5.76. The number of aryl methyl sites for hydroxylation is 1. The summed E-state index contributed by atoms with van der Waals surface area (Å²) in [5.41, 5.74) is 8.31. The van der Waals surface area contributed by atoms with Crippen LogP contribution >= 0.6 is 0 Å². The van der Waals surface area contributed by atoms with Crippen molar-refractivity contribution in [2.75, 3.05) is 5.32 Å². The van der Waals surface area contributed by atoms with Crippen LogP contribution in [0.4, 0.5) is 10.5 Å². The molecular weight excluding hydrogens is 458 g/mol. The quantitative estimate of drug-likeness (QED) is 0.342. The molecule has 9 nitrogen and oxygen atoms in total. The number of aliphatic carboxylic acids is 1. The fourth-order valence-corrected chi connectivity index (χ4v) is 3.95. The molecule has 5 N–H and O–H groups in total. The summed E-state index contributed by atoms with van der Waals surface area (Å²) >= 11 is 0. The molecule has 1 aromatic heterocycles. The molecule has 0 aliphatic heterocycles. The summed E-state index contributed by atoms with van der Waals surface area (Å²) in [5.74, 6) is -0.314. The van der Waals surface area contributed by atoms with Gasteiger partial charge in [-0.25, -0.2) is 9.78 Å². The van der Waals surface area contributed by atoms with Gasteiger partial charge in [-0.1, -0.05) is 68.4 Å². The maximum atomic E-state index is 13.5. The van der Waals surface area contributed by atoms with Gasteiger partial charge in [-0.15, -0.1) is 0 Å². The van der Waals surface area contributed by atoms with E-state index in [2.05, 4.69) is 15.6 Å². The molecule has 0 radical (unpaired) electrons. The zero-order chi connectivity index (χ0) is 26.2. The van der Waals surface area contributed by atoms with Crippen LogP contribution in [0.2, 0.25) is 0 Å². The lowest BCUT2D eigenvalue weighted by atomic mass is 10.0. The lowest BCUT2D eigenvalue weighted by Gasteiger charge is -2.20. The van der Waals surface area contributed by atoms with Crippen molar-refractivity contribution in [2.45, 2.75) is 52.7 Å². The number of urea groups is 1. The number of anilines is 1. The van der Waals surface area contributed by atoms with E-state index in [0.717, 1.165) is 11.1 Å². The Morgan fingerprint density at radius 1 is 1.06 bits per heavy atom. The molecule has 0 spiro atoms. The first-order valence-corrected chi connectivity index (χ1v) is 11.9. The molecule has 3 aromatic rings. The van der Waals surface area contributed by atoms with Crippen LogP contribution in [0.3, 0.4) is 0 Å². The molecule has 0 aliphatic carbocycles. The summed E-state index contributed by atoms with van der Waals surface area (Å²) < 4.78 is 1.52. The number of rotatable bonds is 10. The molecule has 0 aliphatic rings. The van der Waals surface area contributed by atoms with Crippen LogP contribution in [-0.4, -0.2) is 26.7 Å². The van der Waals surface area contributed by atoms with Gasteiger partial charge in [0.2, 0.25) is 0 Å². The topological polar surface area (TPSA) is 139 Å². The van der Waals surface area contributed by atoms with Gasteiger partial charge in [-0.05, 0) is 36.0 Å². The average Bonchev–Trinajstić information content (AvgIpc) is 2.84. The number of amides is 2. The predicted molar refractivity (Wildman–Crippen MR) is 139 cm³/mol. The van der Waals surface area contributed by atoms with Crippen molar-refractivity contribution in [3.05, 3.63) is 93.2 Å². The zero-order valence-electron chi connectivity index (χ0n) is 20.8. The van der Waals surface area contributed by atoms with Gasteiger partial charge in [0, 0.05) is 6.54 Å². The minimum atomic E-state index is -1.06. The van der Waals surface area contributed by atoms with E-state index in [0.29, 0.717) is 36.6 Å². The minimum absolute atomic E-state index is 0.0929. The maximum Gasteiger partial charge on any atom is 0.319 e. The standard InChI is InChI=1S/C27H33N5O4/c1-17(2)13-23-25(26(35)32(18(3)29-23)16-20-7-5-4-6-8-20)31-27(36)30-22(14-24(33)34)21-11-9-19(15-28)10-12-21/h4-12,17,22H,13-16,28H2,1-3H3,(H,33,34)(H2,30,31,36). The van der Waals surface area contributed by atoms with Gasteiger partial charge in [0.25, 0.3) is 5.56 Å². The molecule has 3 rings (SSSR count). The Labute approximate surface area is 210 Å². The highest BCUT2D eigenvalue weighted by Crippen LogP contribution is 2.19. The van der Waals surface area contributed by atoms with E-state index in [9.17, 15) is 19.5 Å². The zero-order valence-corrected chi connectivity index (χ0v) is 20.8. The minimum Gasteiger partial charge on any atom is -0.481 e. The Hall–Kier alpha value is -3.98. The van der Waals surface area contributed by atoms with Crippen LogP contribution in [0, 0.1) is 12.8 Å². The molecule has 36 heavy (non-hydrogen) atoms. The number of benzene rings is 2. The van der Waals surface area contributed by atoms with Crippen molar-refractivity contribution >= 4 is 17.7 Å². The molecule has 9 heteroatoms. The first-order valence-electron chi connectivity index (χ1n) is 11.9. The van der Waals surface area contributed by atoms with Crippen LogP contribution in [0.5, 0.6) is 0 Å². The maximum absolute atomic E-state index is 13.5. The van der Waals surface area contributed by atoms with E-state index in [4.69, 9.17) is 5.73 Å². The third kappa shape index (κ3) is 7.02. The van der Waals surface area contributed by atoms with Gasteiger partial charge in [0.1, 0.15) is 11.5 Å². The number of carbonyl (C=O) groups is 2. The molecule has 190 valence electrons. The van der Waals surface area contributed by atoms with Crippen LogP contribution < -0.4 is 21.9 Å². The van der Waals surface area contributed by atoms with Crippen molar-refractivity contribution in [1.82, 2.24) is 14.9 Å². The number of nitrogens with zero attached hydrogens (tertiary/aromatic N) is 2. The average molecular weight is 492 g/mol. The summed E-state index contributed by atoms with van der Waals surface area (Å²) in [6.07, 6.45) is 0.176. The lowest BCUT2D eigenvalue weighted by molar-refractivity contribution is -0.137. The van der Waals surface area contributed by atoms with Crippen LogP contribution in [0.25, 0.3) is 0 Å². The Kier molecular flexibility index (Phi) is 8.97. The van der Waals surface area contributed by atoms with E-state index in [1.165, 1.54) is 4.57 Å². The van der Waals surface area contributed by atoms with Gasteiger partial charge in [-0.2, -0.15) is 0 Å². The van der Waals surface area contributed by atoms with Crippen molar-refractivity contribution in [1.29, 1.82) is 0 Å². The van der Waals surface area contributed by atoms with Crippen LogP contribution in [0.15, 0.2) is 59.4 Å². The van der Waals surface area contributed by atoms with Gasteiger partial charge in [0.05, 0.1) is 24.7 Å². The normalized spacial score (nSPS) is 11.8. The highest BCUT2D eigenvalue weighted by atomic mass is 16.4. The number of hydrogen-bond acceptors (Lipinski definition) is 5. The number of carboxylic acids is 1. The third-order valence-corrected chi connectivity index (χ3v) is 5.76. The van der Waals surface area contributed by atoms with Crippen LogP contribution in [0.1, 0.15) is 54.5 Å². The van der Waals surface area contributed by atoms with Crippen molar-refractivity contribution in [3.8, 4) is 0 Å². The molecule has 0 saturated heterocycles. The van der Waals surface area contributed by atoms with E-state index >= 15 is 0 Å². The monoisotopic (exact) mass is 491 g/mol. The summed E-state index contributed by atoms with van der Waals surface area (Å²) in [7, 11) is 0. The second-order valence-corrected chi connectivity index (χ2v) is 9.15. The Balaban J connectivity index is 1.92. The number of hydrogen-bond donors (Lipinski definition) is 4. The van der Waals surface area contributed by atoms with Gasteiger partial charge in [0.15, 0.2) is 0 Å². The van der Waals surface area contributed by atoms with Crippen molar-refractivity contribution in [3.63, 3.8) is 0 Å². The SMILES string of the molecule is Cc1nc(CC(C)C)c(NC(=O)NC(CC(=O)O)c2ccc(CN)cc2)c(=O)n1Cc1ccccc1. The van der Waals surface area contributed by atoms with E-state index in [-0.39, 0.29) is 23.6 Å². The molecule has 0 fully saturated rings. The lowest BCUT2D eigenvalue weighted by Crippen LogP contribution is -2.37. The first-order chi connectivity index (χ1) is 17.2. The van der Waals surface area contributed by atoms with Crippen LogP contribution in [-0.2, 0) is 24.3 Å². The summed E-state index contributed by atoms with van der Waals surface area (Å²) in [5, 5.41) is 14.8. The number of nitrogens with two attached hydrogens (primary N) is 1. The highest BCUT2D eigenvalue weighted by molar-refractivity contribution is 5.90. The fraction of sp³-hybridized carbons (Fsp3) is 0.333. The summed E-state index contributed by atoms with van der Waals surface area (Å²) in [4.78, 5) is 42.7. The Bertz CT molecular complexity index is 1250. The smallest absolute Gasteiger partial charge is 0.319 e. The molecule has 2 aromatic carbocycles. The number of carbonyl (C=O) groups excluding carboxylic acids is 1. The second-order valence-electron chi connectivity index (χ2n) is 9.15. The summed E-state index contributed by atoms with van der Waals surface area (Å²) in [6.45, 7) is 6.44. The largest absolute Gasteiger partial charge is 0.481 e. The van der Waals surface area contributed by atoms with E-state index in [1.807, 2.05) is 44.2 Å². The predicted octanol–water partition coefficient (Wildman–Crippen LogP) is 3.59. The first kappa shape index (κ1) is 26.6. The van der Waals surface area contributed by atoms with E-state index < -0.39 is 18.0 Å². The fourth-order valence-electron chi connectivity index (χ4n) is 3.95. The second kappa shape index (κ2) is 12.1. The van der Waals surface area contributed by atoms with Gasteiger partial charge >= 0.3 is 12.0 Å². The van der Waals surface area contributed by atoms with E-state index in [1.54, 1.807) is 31.2 Å². The molecule has 0 saturated carbocycles. The molecular formula is C27H33N5O4. The Morgan fingerprint density at radius 2 is 1.72 bits per heavy atom. The Morgan fingerprint density at radius 3 is 2.31 bits per heavy atom. The summed E-state index contributed by atoms with van der Waals surface area (Å²) in [6, 6.07) is 15.1. The van der Waals surface area contributed by atoms with Gasteiger partial charge in [-0.3, -0.25) is 14.2 Å². The molecule has 1 atom stereocenters. The van der Waals surface area contributed by atoms with Gasteiger partial charge < -0.3 is 21.5 Å². The molecule has 0 bridgehead atoms. The molecule has 2 amide bonds. The molecule has 1 heterocycles. The number of aromatic nitrogens is 2. The number of carboxylic acid groups (broad SMARTS) is 1.